The number of anilines is 5. The van der Waals surface area contributed by atoms with Crippen LogP contribution in [0.1, 0.15) is 43.5 Å². The van der Waals surface area contributed by atoms with Crippen LogP contribution in [0, 0.1) is 0 Å². The van der Waals surface area contributed by atoms with E-state index in [0.717, 1.165) is 19.3 Å². The summed E-state index contributed by atoms with van der Waals surface area (Å²) < 4.78 is 5.44. The van der Waals surface area contributed by atoms with E-state index < -0.39 is 16.4 Å². The van der Waals surface area contributed by atoms with Crippen molar-refractivity contribution in [1.82, 2.24) is 15.3 Å². The fraction of sp³-hybridized carbons (Fsp3) is 0.375. The molecule has 1 saturated carbocycles. The highest BCUT2D eigenvalue weighted by Crippen LogP contribution is 2.29. The van der Waals surface area contributed by atoms with Gasteiger partial charge in [-0.2, -0.15) is 4.98 Å². The van der Waals surface area contributed by atoms with E-state index in [9.17, 15) is 19.5 Å². The molecule has 0 atom stereocenters. The number of nitrogens with one attached hydrogen (secondary N) is 4. The summed E-state index contributed by atoms with van der Waals surface area (Å²) in [6.45, 7) is 3.18. The Kier molecular flexibility index (Phi) is 6.70. The second kappa shape index (κ2) is 9.71. The number of benzene rings is 1. The zero-order chi connectivity index (χ0) is 25.2. The molecule has 5 N–H and O–H groups in total. The highest BCUT2D eigenvalue weighted by atomic mass is 16.5. The summed E-state index contributed by atoms with van der Waals surface area (Å²) >= 11 is 0. The number of amides is 1. The Bertz CT molecular complexity index is 1310. The molecule has 0 radical (unpaired) electrons. The lowest BCUT2D eigenvalue weighted by atomic mass is 9.93. The number of aliphatic hydroxyl groups excluding tert-OH is 1. The normalized spacial score (nSPS) is 13.7. The fourth-order valence-electron chi connectivity index (χ4n) is 3.50. The first-order chi connectivity index (χ1) is 16.7. The number of aromatic nitrogens is 2. The fourth-order valence-corrected chi connectivity index (χ4v) is 3.50. The van der Waals surface area contributed by atoms with Gasteiger partial charge in [-0.05, 0) is 57.4 Å². The molecule has 184 valence electrons. The molecule has 35 heavy (non-hydrogen) atoms. The third-order valence-electron chi connectivity index (χ3n) is 5.83. The first-order valence-electron chi connectivity index (χ1n) is 11.3. The van der Waals surface area contributed by atoms with Crippen LogP contribution in [0.3, 0.4) is 0 Å². The molecule has 4 rings (SSSR count). The lowest BCUT2D eigenvalue weighted by molar-refractivity contribution is 0.0916. The molecule has 0 saturated heterocycles. The number of carbonyl (C=O) groups excluding carboxylic acids is 1. The number of hydrogen-bond acceptors (Lipinski definition) is 10. The zero-order valence-corrected chi connectivity index (χ0v) is 19.8. The number of nitrogens with zero attached hydrogens (tertiary/aromatic N) is 2. The molecule has 11 nitrogen and oxygen atoms in total. The van der Waals surface area contributed by atoms with E-state index in [1.54, 1.807) is 38.1 Å². The van der Waals surface area contributed by atoms with Crippen molar-refractivity contribution in [3.63, 3.8) is 0 Å². The molecular formula is C24H28N6O5. The summed E-state index contributed by atoms with van der Waals surface area (Å²) in [5, 5.41) is 21.2. The van der Waals surface area contributed by atoms with E-state index in [0.29, 0.717) is 17.0 Å². The van der Waals surface area contributed by atoms with Crippen LogP contribution >= 0.6 is 0 Å². The third-order valence-corrected chi connectivity index (χ3v) is 5.83. The van der Waals surface area contributed by atoms with Crippen molar-refractivity contribution in [2.45, 2.75) is 44.7 Å². The van der Waals surface area contributed by atoms with Crippen LogP contribution < -0.4 is 36.9 Å². The van der Waals surface area contributed by atoms with Crippen LogP contribution in [-0.2, 0) is 0 Å². The zero-order valence-electron chi connectivity index (χ0n) is 19.8. The predicted molar refractivity (Wildman–Crippen MR) is 133 cm³/mol. The summed E-state index contributed by atoms with van der Waals surface area (Å²) in [6, 6.07) is 6.81. The Morgan fingerprint density at radius 3 is 2.54 bits per heavy atom. The van der Waals surface area contributed by atoms with Gasteiger partial charge in [0.05, 0.1) is 24.9 Å². The van der Waals surface area contributed by atoms with Gasteiger partial charge in [-0.1, -0.05) is 0 Å². The van der Waals surface area contributed by atoms with Gasteiger partial charge in [0, 0.05) is 17.8 Å². The summed E-state index contributed by atoms with van der Waals surface area (Å²) in [6.07, 6.45) is 4.61. The van der Waals surface area contributed by atoms with Gasteiger partial charge in [-0.15, -0.1) is 0 Å². The maximum Gasteiger partial charge on any atom is 0.253 e. The van der Waals surface area contributed by atoms with Gasteiger partial charge in [-0.25, -0.2) is 4.98 Å². The first kappa shape index (κ1) is 24.1. The Morgan fingerprint density at radius 2 is 1.89 bits per heavy atom. The molecule has 2 aromatic carbocycles. The Labute approximate surface area is 201 Å². The number of aliphatic hydroxyl groups is 1. The van der Waals surface area contributed by atoms with Crippen LogP contribution in [-0.4, -0.2) is 46.3 Å². The van der Waals surface area contributed by atoms with E-state index in [2.05, 4.69) is 31.2 Å². The minimum absolute atomic E-state index is 0.0700. The van der Waals surface area contributed by atoms with Crippen molar-refractivity contribution < 1.29 is 14.6 Å². The Hall–Kier alpha value is -3.99. The second-order valence-corrected chi connectivity index (χ2v) is 9.11. The molecule has 0 bridgehead atoms. The quantitative estimate of drug-likeness (QED) is 0.272. The summed E-state index contributed by atoms with van der Waals surface area (Å²) in [5.41, 5.74) is -0.915. The SMILES string of the molecule is COc1cc(C(=O)NC2CCC2)ccc1Nc1nccc(Nc2c(NC(C)(C)CO)c(=O)c2=O)n1. The Morgan fingerprint density at radius 1 is 1.14 bits per heavy atom. The molecule has 3 aromatic rings. The summed E-state index contributed by atoms with van der Waals surface area (Å²) in [7, 11) is 1.50. The lowest BCUT2D eigenvalue weighted by Gasteiger charge is -2.26. The van der Waals surface area contributed by atoms with Gasteiger partial charge in [-0.3, -0.25) is 14.4 Å². The summed E-state index contributed by atoms with van der Waals surface area (Å²) in [5.74, 6) is 0.788. The average Bonchev–Trinajstić information content (AvgIpc) is 2.83. The van der Waals surface area contributed by atoms with Crippen molar-refractivity contribution in [3.8, 4) is 5.75 Å². The summed E-state index contributed by atoms with van der Waals surface area (Å²) in [4.78, 5) is 45.1. The van der Waals surface area contributed by atoms with Gasteiger partial charge in [0.15, 0.2) is 0 Å². The number of methoxy groups -OCH3 is 1. The maximum absolute atomic E-state index is 12.5. The molecule has 0 spiro atoms. The van der Waals surface area contributed by atoms with E-state index >= 15 is 0 Å². The van der Waals surface area contributed by atoms with Gasteiger partial charge in [0.2, 0.25) is 5.95 Å². The largest absolute Gasteiger partial charge is 0.495 e. The van der Waals surface area contributed by atoms with Crippen molar-refractivity contribution in [1.29, 1.82) is 0 Å². The number of hydrogen-bond donors (Lipinski definition) is 5. The monoisotopic (exact) mass is 480 g/mol. The van der Waals surface area contributed by atoms with Crippen molar-refractivity contribution in [2.75, 3.05) is 29.7 Å². The highest BCUT2D eigenvalue weighted by molar-refractivity contribution is 5.95. The van der Waals surface area contributed by atoms with Crippen molar-refractivity contribution in [3.05, 3.63) is 56.5 Å². The van der Waals surface area contributed by atoms with Crippen LogP contribution in [0.5, 0.6) is 5.75 Å². The van der Waals surface area contributed by atoms with Crippen LogP contribution in [0.4, 0.5) is 28.8 Å². The smallest absolute Gasteiger partial charge is 0.253 e. The molecule has 11 heteroatoms. The number of rotatable bonds is 10. The molecule has 0 aliphatic heterocycles. The van der Waals surface area contributed by atoms with Crippen LogP contribution in [0.2, 0.25) is 0 Å². The minimum Gasteiger partial charge on any atom is -0.495 e. The number of carbonyl (C=O) groups is 1. The first-order valence-corrected chi connectivity index (χ1v) is 11.3. The van der Waals surface area contributed by atoms with Gasteiger partial charge >= 0.3 is 0 Å². The average molecular weight is 481 g/mol. The lowest BCUT2D eigenvalue weighted by Crippen LogP contribution is -2.44. The molecule has 0 unspecified atom stereocenters. The van der Waals surface area contributed by atoms with E-state index in [1.807, 2.05) is 0 Å². The molecular weight excluding hydrogens is 452 g/mol. The second-order valence-electron chi connectivity index (χ2n) is 9.11. The minimum atomic E-state index is -0.783. The molecule has 1 fully saturated rings. The van der Waals surface area contributed by atoms with Crippen LogP contribution in [0.25, 0.3) is 0 Å². The van der Waals surface area contributed by atoms with Gasteiger partial charge in [0.25, 0.3) is 16.8 Å². The molecule has 1 aromatic heterocycles. The van der Waals surface area contributed by atoms with Crippen molar-refractivity contribution >= 4 is 34.7 Å². The van der Waals surface area contributed by atoms with E-state index in [-0.39, 0.29) is 41.7 Å². The molecule has 1 aliphatic rings. The topological polar surface area (TPSA) is 155 Å². The third kappa shape index (κ3) is 5.24. The van der Waals surface area contributed by atoms with E-state index in [1.165, 1.54) is 13.3 Å². The standard InChI is InChI=1S/C24H28N6O5/c1-24(2,12-31)30-19-18(20(32)21(19)33)28-17-9-10-25-23(29-17)27-15-8-7-13(11-16(15)35-3)22(34)26-14-5-4-6-14/h7-11,14,30-31H,4-6,12H2,1-3H3,(H,26,34)(H2,25,27,28,29). The maximum atomic E-state index is 12.5. The van der Waals surface area contributed by atoms with Gasteiger partial charge < -0.3 is 31.1 Å². The molecule has 1 heterocycles. The predicted octanol–water partition coefficient (Wildman–Crippen LogP) is 2.03. The molecule has 1 aliphatic carbocycles. The number of ether oxygens (including phenoxy) is 1. The molecule has 1 amide bonds. The van der Waals surface area contributed by atoms with E-state index in [4.69, 9.17) is 4.74 Å². The van der Waals surface area contributed by atoms with Crippen molar-refractivity contribution in [2.24, 2.45) is 0 Å². The Balaban J connectivity index is 1.49. The van der Waals surface area contributed by atoms with Crippen LogP contribution in [0.15, 0.2) is 40.1 Å². The van der Waals surface area contributed by atoms with Gasteiger partial charge in [0.1, 0.15) is 22.9 Å². The highest BCUT2D eigenvalue weighted by Gasteiger charge is 2.27.